The lowest BCUT2D eigenvalue weighted by atomic mass is 10.4. The summed E-state index contributed by atoms with van der Waals surface area (Å²) in [5.74, 6) is 1.64. The van der Waals surface area contributed by atoms with Crippen LogP contribution in [0.25, 0.3) is 17.5 Å². The molecule has 2 N–H and O–H groups in total. The minimum Gasteiger partial charge on any atom is -0.359 e. The predicted molar refractivity (Wildman–Crippen MR) is 75.5 cm³/mol. The Morgan fingerprint density at radius 1 is 1.25 bits per heavy atom. The Kier molecular flexibility index (Phi) is 3.40. The number of anilines is 1. The van der Waals surface area contributed by atoms with Crippen molar-refractivity contribution in [3.05, 3.63) is 36.8 Å². The van der Waals surface area contributed by atoms with Crippen LogP contribution in [-0.4, -0.2) is 36.3 Å². The van der Waals surface area contributed by atoms with Crippen molar-refractivity contribution in [2.75, 3.05) is 11.9 Å². The molecule has 0 amide bonds. The van der Waals surface area contributed by atoms with Crippen molar-refractivity contribution in [2.45, 2.75) is 13.3 Å². The first kappa shape index (κ1) is 12.3. The second kappa shape index (κ2) is 5.52. The SMILES string of the molecule is CCCNc1nc(-c2ccc[nH]2)nc(-n2cccn2)n1. The van der Waals surface area contributed by atoms with E-state index in [2.05, 4.69) is 37.3 Å². The Labute approximate surface area is 116 Å². The zero-order chi connectivity index (χ0) is 13.8. The van der Waals surface area contributed by atoms with Gasteiger partial charge in [0.05, 0.1) is 5.69 Å². The molecule has 0 bridgehead atoms. The second-order valence-corrected chi connectivity index (χ2v) is 4.24. The number of hydrogen-bond acceptors (Lipinski definition) is 5. The summed E-state index contributed by atoms with van der Waals surface area (Å²) >= 11 is 0. The third-order valence-corrected chi connectivity index (χ3v) is 2.70. The number of aromatic nitrogens is 6. The van der Waals surface area contributed by atoms with Crippen LogP contribution in [0.4, 0.5) is 5.95 Å². The molecule has 0 radical (unpaired) electrons. The van der Waals surface area contributed by atoms with Crippen molar-refractivity contribution in [1.29, 1.82) is 0 Å². The van der Waals surface area contributed by atoms with Gasteiger partial charge in [-0.25, -0.2) is 4.68 Å². The molecule has 3 rings (SSSR count). The van der Waals surface area contributed by atoms with Crippen molar-refractivity contribution in [3.8, 4) is 17.5 Å². The Hall–Kier alpha value is -2.70. The fourth-order valence-corrected chi connectivity index (χ4v) is 1.76. The summed E-state index contributed by atoms with van der Waals surface area (Å²) < 4.78 is 1.62. The van der Waals surface area contributed by atoms with E-state index in [-0.39, 0.29) is 0 Å². The highest BCUT2D eigenvalue weighted by atomic mass is 15.4. The lowest BCUT2D eigenvalue weighted by molar-refractivity contribution is 0.795. The first-order valence-electron chi connectivity index (χ1n) is 6.50. The van der Waals surface area contributed by atoms with E-state index < -0.39 is 0 Å². The lowest BCUT2D eigenvalue weighted by Crippen LogP contribution is -2.11. The van der Waals surface area contributed by atoms with Gasteiger partial charge < -0.3 is 10.3 Å². The molecular weight excluding hydrogens is 254 g/mol. The van der Waals surface area contributed by atoms with E-state index in [1.165, 1.54) is 0 Å². The molecule has 0 aromatic carbocycles. The Balaban J connectivity index is 2.03. The molecule has 0 unspecified atom stereocenters. The highest BCUT2D eigenvalue weighted by Crippen LogP contribution is 2.15. The first-order valence-corrected chi connectivity index (χ1v) is 6.50. The van der Waals surface area contributed by atoms with E-state index in [0.717, 1.165) is 18.7 Å². The topological polar surface area (TPSA) is 84.3 Å². The van der Waals surface area contributed by atoms with Gasteiger partial charge in [-0.05, 0) is 24.6 Å². The standard InChI is InChI=1S/C13H15N7/c1-2-6-15-12-17-11(10-5-3-7-14-10)18-13(19-12)20-9-4-8-16-20/h3-5,7-9,14H,2,6H2,1H3,(H,15,17,18,19). The molecular formula is C13H15N7. The molecule has 20 heavy (non-hydrogen) atoms. The molecule has 7 nitrogen and oxygen atoms in total. The first-order chi connectivity index (χ1) is 9.86. The molecule has 3 aromatic heterocycles. The van der Waals surface area contributed by atoms with Crippen molar-refractivity contribution in [3.63, 3.8) is 0 Å². The van der Waals surface area contributed by atoms with Crippen molar-refractivity contribution in [2.24, 2.45) is 0 Å². The van der Waals surface area contributed by atoms with Crippen molar-refractivity contribution < 1.29 is 0 Å². The second-order valence-electron chi connectivity index (χ2n) is 4.24. The number of nitrogens with one attached hydrogen (secondary N) is 2. The van der Waals surface area contributed by atoms with E-state index in [1.807, 2.05) is 24.4 Å². The summed E-state index contributed by atoms with van der Waals surface area (Å²) in [7, 11) is 0. The molecule has 0 aliphatic heterocycles. The smallest absolute Gasteiger partial charge is 0.255 e. The fourth-order valence-electron chi connectivity index (χ4n) is 1.76. The van der Waals surface area contributed by atoms with Gasteiger partial charge in [0.1, 0.15) is 0 Å². The van der Waals surface area contributed by atoms with Crippen molar-refractivity contribution >= 4 is 5.95 Å². The van der Waals surface area contributed by atoms with Gasteiger partial charge in [-0.3, -0.25) is 0 Å². The molecule has 0 atom stereocenters. The minimum absolute atomic E-state index is 0.494. The third kappa shape index (κ3) is 2.51. The fraction of sp³-hybridized carbons (Fsp3) is 0.231. The van der Waals surface area contributed by atoms with Gasteiger partial charge in [0.15, 0.2) is 5.82 Å². The molecule has 0 saturated heterocycles. The molecule has 3 aromatic rings. The van der Waals surface area contributed by atoms with E-state index in [0.29, 0.717) is 17.7 Å². The van der Waals surface area contributed by atoms with E-state index >= 15 is 0 Å². The Morgan fingerprint density at radius 2 is 2.20 bits per heavy atom. The monoisotopic (exact) mass is 269 g/mol. The summed E-state index contributed by atoms with van der Waals surface area (Å²) in [5, 5.41) is 7.34. The highest BCUT2D eigenvalue weighted by molar-refractivity contribution is 5.52. The van der Waals surface area contributed by atoms with Gasteiger partial charge in [-0.15, -0.1) is 0 Å². The maximum absolute atomic E-state index is 4.43. The summed E-state index contributed by atoms with van der Waals surface area (Å²) in [6.07, 6.45) is 6.33. The van der Waals surface area contributed by atoms with Crippen molar-refractivity contribution in [1.82, 2.24) is 29.7 Å². The van der Waals surface area contributed by atoms with Crippen LogP contribution in [0.5, 0.6) is 0 Å². The summed E-state index contributed by atoms with van der Waals surface area (Å²) in [4.78, 5) is 16.3. The van der Waals surface area contributed by atoms with E-state index in [9.17, 15) is 0 Å². The molecule has 3 heterocycles. The minimum atomic E-state index is 0.494. The van der Waals surface area contributed by atoms with Gasteiger partial charge in [-0.1, -0.05) is 6.92 Å². The van der Waals surface area contributed by atoms with Crippen LogP contribution in [0.3, 0.4) is 0 Å². The molecule has 0 saturated carbocycles. The van der Waals surface area contributed by atoms with E-state index in [4.69, 9.17) is 0 Å². The zero-order valence-electron chi connectivity index (χ0n) is 11.1. The van der Waals surface area contributed by atoms with Gasteiger partial charge in [-0.2, -0.15) is 20.1 Å². The lowest BCUT2D eigenvalue weighted by Gasteiger charge is -2.07. The third-order valence-electron chi connectivity index (χ3n) is 2.70. The maximum Gasteiger partial charge on any atom is 0.255 e. The zero-order valence-corrected chi connectivity index (χ0v) is 11.1. The average Bonchev–Trinajstić information content (AvgIpc) is 3.17. The van der Waals surface area contributed by atoms with Crippen LogP contribution < -0.4 is 5.32 Å². The van der Waals surface area contributed by atoms with Crippen LogP contribution in [0, 0.1) is 0 Å². The highest BCUT2D eigenvalue weighted by Gasteiger charge is 2.10. The molecule has 7 heteroatoms. The molecule has 0 aliphatic rings. The molecule has 102 valence electrons. The summed E-state index contributed by atoms with van der Waals surface area (Å²) in [5.41, 5.74) is 0.848. The normalized spacial score (nSPS) is 10.7. The number of rotatable bonds is 5. The van der Waals surface area contributed by atoms with Gasteiger partial charge in [0.25, 0.3) is 5.95 Å². The number of aromatic amines is 1. The summed E-state index contributed by atoms with van der Waals surface area (Å²) in [6.45, 7) is 2.90. The average molecular weight is 269 g/mol. The van der Waals surface area contributed by atoms with Gasteiger partial charge >= 0.3 is 0 Å². The number of hydrogen-bond donors (Lipinski definition) is 2. The summed E-state index contributed by atoms with van der Waals surface area (Å²) in [6, 6.07) is 5.66. The van der Waals surface area contributed by atoms with Gasteiger partial charge in [0.2, 0.25) is 5.95 Å². The molecule has 0 aliphatic carbocycles. The van der Waals surface area contributed by atoms with Crippen LogP contribution in [0.2, 0.25) is 0 Å². The maximum atomic E-state index is 4.43. The van der Waals surface area contributed by atoms with Crippen LogP contribution in [0.15, 0.2) is 36.8 Å². The Morgan fingerprint density at radius 3 is 2.90 bits per heavy atom. The van der Waals surface area contributed by atoms with Crippen LogP contribution in [-0.2, 0) is 0 Å². The van der Waals surface area contributed by atoms with Gasteiger partial charge in [0, 0.05) is 25.1 Å². The van der Waals surface area contributed by atoms with E-state index in [1.54, 1.807) is 17.1 Å². The Bertz CT molecular complexity index is 606. The largest absolute Gasteiger partial charge is 0.359 e. The number of H-pyrrole nitrogens is 1. The predicted octanol–water partition coefficient (Wildman–Crippen LogP) is 1.87. The van der Waals surface area contributed by atoms with Crippen LogP contribution in [0.1, 0.15) is 13.3 Å². The molecule has 0 spiro atoms. The number of nitrogens with zero attached hydrogens (tertiary/aromatic N) is 5. The quantitative estimate of drug-likeness (QED) is 0.738. The van der Waals surface area contributed by atoms with Crippen LogP contribution >= 0.6 is 0 Å². The molecule has 0 fully saturated rings.